The van der Waals surface area contributed by atoms with Crippen LogP contribution in [0.1, 0.15) is 24.2 Å². The van der Waals surface area contributed by atoms with E-state index in [1.807, 2.05) is 13.8 Å². The molecule has 1 aromatic carbocycles. The molecule has 0 aromatic heterocycles. The number of hydrogen-bond acceptors (Lipinski definition) is 3. The van der Waals surface area contributed by atoms with Gasteiger partial charge in [0, 0.05) is 18.8 Å². The van der Waals surface area contributed by atoms with Crippen molar-refractivity contribution in [1.29, 1.82) is 0 Å². The molecule has 114 valence electrons. The molecule has 1 aliphatic rings. The lowest BCUT2D eigenvalue weighted by Gasteiger charge is -2.35. The summed E-state index contributed by atoms with van der Waals surface area (Å²) >= 11 is 5.87. The number of primary amides is 1. The number of nitrogens with two attached hydrogens (primary N) is 1. The predicted octanol–water partition coefficient (Wildman–Crippen LogP) is 2.08. The van der Waals surface area contributed by atoms with Crippen LogP contribution in [0.25, 0.3) is 0 Å². The van der Waals surface area contributed by atoms with Gasteiger partial charge in [0.25, 0.3) is 0 Å². The van der Waals surface area contributed by atoms with E-state index in [1.165, 1.54) is 12.1 Å². The van der Waals surface area contributed by atoms with Crippen molar-refractivity contribution in [1.82, 2.24) is 4.90 Å². The number of nitrogens with zero attached hydrogens (tertiary/aromatic N) is 1. The number of amides is 3. The van der Waals surface area contributed by atoms with Gasteiger partial charge in [-0.15, -0.1) is 0 Å². The number of carbonyl (C=O) groups is 2. The second-order valence-corrected chi connectivity index (χ2v) is 5.56. The smallest absolute Gasteiger partial charge is 0.322 e. The van der Waals surface area contributed by atoms with Crippen LogP contribution in [0.5, 0.6) is 0 Å². The Hall–Kier alpha value is -1.79. The van der Waals surface area contributed by atoms with E-state index in [1.54, 1.807) is 11.0 Å². The molecule has 0 bridgehead atoms. The fourth-order valence-corrected chi connectivity index (χ4v) is 2.55. The molecule has 0 aliphatic carbocycles. The summed E-state index contributed by atoms with van der Waals surface area (Å²) in [6.45, 7) is 4.88. The van der Waals surface area contributed by atoms with Crippen LogP contribution in [0.4, 0.5) is 10.5 Å². The van der Waals surface area contributed by atoms with Crippen molar-refractivity contribution in [2.24, 2.45) is 5.73 Å². The molecular weight excluding hydrogens is 294 g/mol. The molecule has 3 N–H and O–H groups in total. The summed E-state index contributed by atoms with van der Waals surface area (Å²) in [6.07, 6.45) is -0.0169. The van der Waals surface area contributed by atoms with Gasteiger partial charge in [0.05, 0.1) is 22.8 Å². The average molecular weight is 312 g/mol. The molecule has 0 unspecified atom stereocenters. The maximum atomic E-state index is 12.2. The molecule has 1 heterocycles. The van der Waals surface area contributed by atoms with E-state index in [2.05, 4.69) is 5.32 Å². The van der Waals surface area contributed by atoms with Gasteiger partial charge in [-0.1, -0.05) is 11.6 Å². The molecule has 6 nitrogen and oxygen atoms in total. The number of carbonyl (C=O) groups excluding carboxylic acids is 2. The molecule has 1 aromatic rings. The van der Waals surface area contributed by atoms with Crippen LogP contribution in [0.15, 0.2) is 18.2 Å². The molecule has 0 radical (unpaired) electrons. The van der Waals surface area contributed by atoms with Gasteiger partial charge in [0.1, 0.15) is 0 Å². The minimum atomic E-state index is -0.635. The zero-order chi connectivity index (χ0) is 15.6. The fourth-order valence-electron chi connectivity index (χ4n) is 2.34. The van der Waals surface area contributed by atoms with Crippen molar-refractivity contribution in [2.75, 3.05) is 18.4 Å². The molecule has 0 spiro atoms. The van der Waals surface area contributed by atoms with Crippen molar-refractivity contribution in [3.05, 3.63) is 28.8 Å². The van der Waals surface area contributed by atoms with E-state index < -0.39 is 5.91 Å². The summed E-state index contributed by atoms with van der Waals surface area (Å²) in [6, 6.07) is 4.38. The van der Waals surface area contributed by atoms with Gasteiger partial charge in [0.15, 0.2) is 0 Å². The summed E-state index contributed by atoms with van der Waals surface area (Å²) in [5.41, 5.74) is 5.89. The molecule has 1 saturated heterocycles. The van der Waals surface area contributed by atoms with E-state index in [9.17, 15) is 9.59 Å². The molecule has 1 aliphatic heterocycles. The van der Waals surface area contributed by atoms with Crippen LogP contribution in [-0.4, -0.2) is 42.1 Å². The van der Waals surface area contributed by atoms with Gasteiger partial charge in [-0.25, -0.2) is 4.79 Å². The number of nitrogens with one attached hydrogen (secondary N) is 1. The van der Waals surface area contributed by atoms with Crippen LogP contribution in [0.3, 0.4) is 0 Å². The van der Waals surface area contributed by atoms with Crippen molar-refractivity contribution >= 4 is 29.2 Å². The highest BCUT2D eigenvalue weighted by Gasteiger charge is 2.26. The standard InChI is InChI=1S/C14H18ClN3O3/c1-8-6-18(7-9(2)21-8)14(20)17-10-3-4-12(15)11(5-10)13(16)19/h3-5,8-9H,6-7H2,1-2H3,(H2,16,19)(H,17,20)/t8-,9-/m0/s1. The number of rotatable bonds is 2. The van der Waals surface area contributed by atoms with Gasteiger partial charge in [-0.05, 0) is 32.0 Å². The first-order valence-corrected chi connectivity index (χ1v) is 7.05. The number of morpholine rings is 1. The first-order valence-electron chi connectivity index (χ1n) is 6.67. The molecule has 7 heteroatoms. The number of urea groups is 1. The van der Waals surface area contributed by atoms with Gasteiger partial charge in [-0.3, -0.25) is 4.79 Å². The third-order valence-corrected chi connectivity index (χ3v) is 3.52. The highest BCUT2D eigenvalue weighted by atomic mass is 35.5. The third-order valence-electron chi connectivity index (χ3n) is 3.19. The fraction of sp³-hybridized carbons (Fsp3) is 0.429. The monoisotopic (exact) mass is 311 g/mol. The summed E-state index contributed by atoms with van der Waals surface area (Å²) in [5, 5.41) is 3.00. The SMILES string of the molecule is C[C@H]1CN(C(=O)Nc2ccc(Cl)c(C(N)=O)c2)C[C@H](C)O1. The van der Waals surface area contributed by atoms with Crippen LogP contribution >= 0.6 is 11.6 Å². The van der Waals surface area contributed by atoms with Crippen molar-refractivity contribution < 1.29 is 14.3 Å². The Balaban J connectivity index is 2.09. The van der Waals surface area contributed by atoms with Gasteiger partial charge in [-0.2, -0.15) is 0 Å². The van der Waals surface area contributed by atoms with Crippen molar-refractivity contribution in [3.63, 3.8) is 0 Å². The summed E-state index contributed by atoms with van der Waals surface area (Å²) in [7, 11) is 0. The minimum absolute atomic E-state index is 0.00843. The van der Waals surface area contributed by atoms with E-state index >= 15 is 0 Å². The summed E-state index contributed by atoms with van der Waals surface area (Å²) < 4.78 is 5.58. The second-order valence-electron chi connectivity index (χ2n) is 5.15. The van der Waals surface area contributed by atoms with Crippen molar-refractivity contribution in [3.8, 4) is 0 Å². The second kappa shape index (κ2) is 6.32. The molecular formula is C14H18ClN3O3. The largest absolute Gasteiger partial charge is 0.372 e. The Morgan fingerprint density at radius 1 is 1.33 bits per heavy atom. The van der Waals surface area contributed by atoms with E-state index in [0.717, 1.165) is 0 Å². The Morgan fingerprint density at radius 2 is 1.95 bits per heavy atom. The zero-order valence-corrected chi connectivity index (χ0v) is 12.7. The summed E-state index contributed by atoms with van der Waals surface area (Å²) in [4.78, 5) is 25.2. The Labute approximate surface area is 128 Å². The summed E-state index contributed by atoms with van der Waals surface area (Å²) in [5.74, 6) is -0.635. The maximum Gasteiger partial charge on any atom is 0.322 e. The van der Waals surface area contributed by atoms with Crippen molar-refractivity contribution in [2.45, 2.75) is 26.1 Å². The highest BCUT2D eigenvalue weighted by Crippen LogP contribution is 2.21. The van der Waals surface area contributed by atoms with Crippen LogP contribution < -0.4 is 11.1 Å². The average Bonchev–Trinajstić information content (AvgIpc) is 2.39. The molecule has 3 amide bonds. The zero-order valence-electron chi connectivity index (χ0n) is 11.9. The maximum absolute atomic E-state index is 12.2. The van der Waals surface area contributed by atoms with E-state index in [-0.39, 0.29) is 28.8 Å². The topological polar surface area (TPSA) is 84.7 Å². The lowest BCUT2D eigenvalue weighted by atomic mass is 10.2. The first-order chi connectivity index (χ1) is 9.86. The molecule has 0 saturated carbocycles. The lowest BCUT2D eigenvalue weighted by Crippen LogP contribution is -2.49. The van der Waals surface area contributed by atoms with Gasteiger partial charge < -0.3 is 20.7 Å². The number of halogens is 1. The quantitative estimate of drug-likeness (QED) is 0.877. The number of ether oxygens (including phenoxy) is 1. The molecule has 2 atom stereocenters. The van der Waals surface area contributed by atoms with E-state index in [0.29, 0.717) is 18.8 Å². The van der Waals surface area contributed by atoms with Crippen LogP contribution in [0.2, 0.25) is 5.02 Å². The first kappa shape index (κ1) is 15.6. The number of anilines is 1. The molecule has 1 fully saturated rings. The predicted molar refractivity (Wildman–Crippen MR) is 80.6 cm³/mol. The Bertz CT molecular complexity index is 554. The van der Waals surface area contributed by atoms with Gasteiger partial charge >= 0.3 is 6.03 Å². The Kier molecular flexibility index (Phi) is 4.69. The molecule has 21 heavy (non-hydrogen) atoms. The van der Waals surface area contributed by atoms with Crippen LogP contribution in [-0.2, 0) is 4.74 Å². The van der Waals surface area contributed by atoms with E-state index in [4.69, 9.17) is 22.1 Å². The highest BCUT2D eigenvalue weighted by molar-refractivity contribution is 6.33. The third kappa shape index (κ3) is 3.86. The lowest BCUT2D eigenvalue weighted by molar-refractivity contribution is -0.0530. The minimum Gasteiger partial charge on any atom is -0.372 e. The number of benzene rings is 1. The Morgan fingerprint density at radius 3 is 2.52 bits per heavy atom. The molecule has 2 rings (SSSR count). The normalized spacial score (nSPS) is 22.0. The number of hydrogen-bond donors (Lipinski definition) is 2. The van der Waals surface area contributed by atoms with Gasteiger partial charge in [0.2, 0.25) is 5.91 Å². The van der Waals surface area contributed by atoms with Crippen LogP contribution in [0, 0.1) is 0 Å².